The van der Waals surface area contributed by atoms with E-state index >= 15 is 0 Å². The number of halogens is 1. The second kappa shape index (κ2) is 2.77. The summed E-state index contributed by atoms with van der Waals surface area (Å²) in [6.07, 6.45) is 0. The van der Waals surface area contributed by atoms with E-state index in [0.29, 0.717) is 0 Å². The molecule has 2 nitrogen and oxygen atoms in total. The maximum atomic E-state index is 5.79. The van der Waals surface area contributed by atoms with E-state index in [4.69, 9.17) is 11.5 Å². The van der Waals surface area contributed by atoms with Gasteiger partial charge in [0.05, 0.1) is 9.70 Å². The number of hydrogen-bond donors (Lipinski definition) is 2. The van der Waals surface area contributed by atoms with Gasteiger partial charge in [0.2, 0.25) is 0 Å². The molecule has 4 N–H and O–H groups in total. The van der Waals surface area contributed by atoms with Gasteiger partial charge in [0.15, 0.2) is 0 Å². The van der Waals surface area contributed by atoms with Gasteiger partial charge in [0, 0.05) is 14.6 Å². The van der Waals surface area contributed by atoms with Crippen molar-refractivity contribution in [1.82, 2.24) is 0 Å². The molecule has 1 heterocycles. The number of anilines is 2. The molecule has 1 aromatic carbocycles. The first-order valence-corrected chi connectivity index (χ1v) is 5.31. The van der Waals surface area contributed by atoms with Crippen molar-refractivity contribution in [2.75, 3.05) is 11.5 Å². The fourth-order valence-corrected chi connectivity index (χ4v) is 2.80. The van der Waals surface area contributed by atoms with Gasteiger partial charge in [0.1, 0.15) is 0 Å². The number of rotatable bonds is 0. The van der Waals surface area contributed by atoms with Gasteiger partial charge in [-0.25, -0.2) is 0 Å². The first-order chi connectivity index (χ1) is 5.68. The molecule has 2 rings (SSSR count). The van der Waals surface area contributed by atoms with Gasteiger partial charge in [-0.15, -0.1) is 11.3 Å². The molecule has 0 fully saturated rings. The van der Waals surface area contributed by atoms with E-state index in [2.05, 4.69) is 22.6 Å². The lowest BCUT2D eigenvalue weighted by atomic mass is 10.2. The van der Waals surface area contributed by atoms with E-state index in [1.54, 1.807) is 11.3 Å². The van der Waals surface area contributed by atoms with Crippen molar-refractivity contribution in [2.24, 2.45) is 0 Å². The van der Waals surface area contributed by atoms with Gasteiger partial charge in [-0.3, -0.25) is 0 Å². The first kappa shape index (κ1) is 8.12. The fraction of sp³-hybridized carbons (Fsp3) is 0. The largest absolute Gasteiger partial charge is 0.398 e. The van der Waals surface area contributed by atoms with Gasteiger partial charge in [-0.2, -0.15) is 0 Å². The molecule has 62 valence electrons. The maximum absolute atomic E-state index is 5.79. The molecule has 1 aromatic heterocycles. The molecule has 0 amide bonds. The number of hydrogen-bond acceptors (Lipinski definition) is 3. The molecule has 0 spiro atoms. The minimum absolute atomic E-state index is 0.812. The Morgan fingerprint density at radius 1 is 1.25 bits per heavy atom. The molecule has 0 bridgehead atoms. The highest BCUT2D eigenvalue weighted by Crippen LogP contribution is 2.34. The van der Waals surface area contributed by atoms with Crippen LogP contribution in [0.2, 0.25) is 0 Å². The number of fused-ring (bicyclic) bond motifs is 1. The van der Waals surface area contributed by atoms with E-state index in [-0.39, 0.29) is 0 Å². The second-order valence-corrected chi connectivity index (χ2v) is 4.77. The minimum atomic E-state index is 0.812. The highest BCUT2D eigenvalue weighted by molar-refractivity contribution is 14.1. The Kier molecular flexibility index (Phi) is 1.88. The van der Waals surface area contributed by atoms with Crippen LogP contribution in [0, 0.1) is 3.57 Å². The Morgan fingerprint density at radius 2 is 2.00 bits per heavy atom. The van der Waals surface area contributed by atoms with Crippen molar-refractivity contribution in [3.63, 3.8) is 0 Å². The molecule has 0 aliphatic rings. The molecule has 0 atom stereocenters. The highest BCUT2D eigenvalue weighted by atomic mass is 127. The highest BCUT2D eigenvalue weighted by Gasteiger charge is 2.05. The molecule has 0 unspecified atom stereocenters. The number of thiophene rings is 1. The summed E-state index contributed by atoms with van der Waals surface area (Å²) in [5.74, 6) is 0. The molecule has 0 aliphatic heterocycles. The lowest BCUT2D eigenvalue weighted by Gasteiger charge is -1.96. The van der Waals surface area contributed by atoms with Crippen LogP contribution in [0.25, 0.3) is 10.1 Å². The number of nitrogens with two attached hydrogens (primary N) is 2. The molecule has 0 saturated carbocycles. The zero-order chi connectivity index (χ0) is 8.72. The Bertz CT molecular complexity index is 397. The molecule has 0 radical (unpaired) electrons. The van der Waals surface area contributed by atoms with Crippen LogP contribution < -0.4 is 11.5 Å². The van der Waals surface area contributed by atoms with Crippen LogP contribution in [0.15, 0.2) is 18.2 Å². The Balaban J connectivity index is 2.93. The summed E-state index contributed by atoms with van der Waals surface area (Å²) in [4.78, 5) is 0. The summed E-state index contributed by atoms with van der Waals surface area (Å²) >= 11 is 3.82. The van der Waals surface area contributed by atoms with Gasteiger partial charge < -0.3 is 11.5 Å². The fourth-order valence-electron chi connectivity index (χ4n) is 1.13. The lowest BCUT2D eigenvalue weighted by Crippen LogP contribution is -1.84. The zero-order valence-electron chi connectivity index (χ0n) is 6.17. The topological polar surface area (TPSA) is 52.0 Å². The minimum Gasteiger partial charge on any atom is -0.398 e. The van der Waals surface area contributed by atoms with E-state index < -0.39 is 0 Å². The van der Waals surface area contributed by atoms with Crippen molar-refractivity contribution in [3.8, 4) is 0 Å². The van der Waals surface area contributed by atoms with Crippen LogP contribution in [0.3, 0.4) is 0 Å². The molecule has 4 heteroatoms. The van der Waals surface area contributed by atoms with Crippen molar-refractivity contribution < 1.29 is 0 Å². The first-order valence-electron chi connectivity index (χ1n) is 3.41. The molecular formula is C8H7IN2S. The number of benzene rings is 1. The summed E-state index contributed by atoms with van der Waals surface area (Å²) in [7, 11) is 0. The van der Waals surface area contributed by atoms with E-state index in [1.165, 1.54) is 3.57 Å². The summed E-state index contributed by atoms with van der Waals surface area (Å²) in [6.45, 7) is 0. The summed E-state index contributed by atoms with van der Waals surface area (Å²) < 4.78 is 2.30. The summed E-state index contributed by atoms with van der Waals surface area (Å²) in [6, 6.07) is 5.89. The van der Waals surface area contributed by atoms with Crippen LogP contribution in [-0.2, 0) is 0 Å². The van der Waals surface area contributed by atoms with Gasteiger partial charge in [-0.05, 0) is 40.8 Å². The van der Waals surface area contributed by atoms with Crippen LogP contribution in [0.1, 0.15) is 0 Å². The van der Waals surface area contributed by atoms with Crippen molar-refractivity contribution in [3.05, 3.63) is 21.8 Å². The van der Waals surface area contributed by atoms with Crippen molar-refractivity contribution >= 4 is 54.7 Å². The zero-order valence-corrected chi connectivity index (χ0v) is 9.15. The van der Waals surface area contributed by atoms with Crippen LogP contribution in [0.5, 0.6) is 0 Å². The van der Waals surface area contributed by atoms with Crippen LogP contribution in [-0.4, -0.2) is 0 Å². The predicted molar refractivity (Wildman–Crippen MR) is 63.4 cm³/mol. The molecule has 0 saturated heterocycles. The predicted octanol–water partition coefficient (Wildman–Crippen LogP) is 2.67. The molecular weight excluding hydrogens is 283 g/mol. The summed E-state index contributed by atoms with van der Waals surface area (Å²) in [5, 5.41) is 1.99. The third-order valence-electron chi connectivity index (χ3n) is 1.68. The molecule has 2 aromatic rings. The quantitative estimate of drug-likeness (QED) is 0.579. The average molecular weight is 290 g/mol. The Morgan fingerprint density at radius 3 is 2.67 bits per heavy atom. The molecule has 0 aliphatic carbocycles. The van der Waals surface area contributed by atoms with Gasteiger partial charge in [-0.1, -0.05) is 0 Å². The smallest absolute Gasteiger partial charge is 0.0870 e. The Hall–Kier alpha value is -0.490. The van der Waals surface area contributed by atoms with Crippen molar-refractivity contribution in [2.45, 2.75) is 0 Å². The standard InChI is InChI=1S/C8H7IN2S/c9-5-1-2-6(10)8-4(5)3-7(11)12-8/h1-3H,10-11H2. The molecule has 12 heavy (non-hydrogen) atoms. The van der Waals surface area contributed by atoms with Crippen molar-refractivity contribution in [1.29, 1.82) is 0 Å². The maximum Gasteiger partial charge on any atom is 0.0870 e. The third-order valence-corrected chi connectivity index (χ3v) is 3.63. The van der Waals surface area contributed by atoms with E-state index in [1.807, 2.05) is 18.2 Å². The monoisotopic (exact) mass is 290 g/mol. The second-order valence-electron chi connectivity index (χ2n) is 2.53. The third kappa shape index (κ3) is 1.15. The average Bonchev–Trinajstić information content (AvgIpc) is 2.41. The SMILES string of the molecule is Nc1cc2c(I)ccc(N)c2s1. The number of nitrogen functional groups attached to an aromatic ring is 2. The summed E-state index contributed by atoms with van der Waals surface area (Å²) in [5.41, 5.74) is 12.3. The van der Waals surface area contributed by atoms with E-state index in [0.717, 1.165) is 20.8 Å². The van der Waals surface area contributed by atoms with Crippen LogP contribution in [0.4, 0.5) is 10.7 Å². The van der Waals surface area contributed by atoms with Gasteiger partial charge in [0.25, 0.3) is 0 Å². The normalized spacial score (nSPS) is 10.8. The lowest BCUT2D eigenvalue weighted by molar-refractivity contribution is 1.75. The van der Waals surface area contributed by atoms with E-state index in [9.17, 15) is 0 Å². The van der Waals surface area contributed by atoms with Crippen LogP contribution >= 0.6 is 33.9 Å². The Labute approximate surface area is 87.7 Å². The van der Waals surface area contributed by atoms with Gasteiger partial charge >= 0.3 is 0 Å².